The average molecular weight is 368 g/mol. The van der Waals surface area contributed by atoms with E-state index >= 15 is 0 Å². The molecule has 0 N–H and O–H groups in total. The van der Waals surface area contributed by atoms with E-state index in [2.05, 4.69) is 10.2 Å². The number of rotatable bonds is 7. The summed E-state index contributed by atoms with van der Waals surface area (Å²) in [5.41, 5.74) is 1.09. The molecule has 0 fully saturated rings. The fraction of sp³-hybridized carbons (Fsp3) is 0.250. The van der Waals surface area contributed by atoms with Crippen LogP contribution in [0.25, 0.3) is 11.5 Å². The van der Waals surface area contributed by atoms with Crippen LogP contribution in [0.15, 0.2) is 52.9 Å². The summed E-state index contributed by atoms with van der Waals surface area (Å²) in [5.74, 6) is 1.24. The normalized spacial score (nSPS) is 11.7. The van der Waals surface area contributed by atoms with E-state index in [9.17, 15) is 4.79 Å². The summed E-state index contributed by atoms with van der Waals surface area (Å²) in [4.78, 5) is 12.5. The van der Waals surface area contributed by atoms with Gasteiger partial charge in [-0.1, -0.05) is 12.1 Å². The van der Waals surface area contributed by atoms with Crippen molar-refractivity contribution >= 4 is 5.97 Å². The molecule has 1 aromatic heterocycles. The zero-order valence-electron chi connectivity index (χ0n) is 15.3. The lowest BCUT2D eigenvalue weighted by Crippen LogP contribution is -2.11. The Bertz CT molecular complexity index is 905. The molecule has 2 aromatic carbocycles. The first kappa shape index (κ1) is 18.4. The number of ether oxygens (including phenoxy) is 3. The second-order valence-corrected chi connectivity index (χ2v) is 5.65. The lowest BCUT2D eigenvalue weighted by molar-refractivity contribution is 0.0276. The Kier molecular flexibility index (Phi) is 5.71. The fourth-order valence-corrected chi connectivity index (χ4v) is 2.44. The van der Waals surface area contributed by atoms with Gasteiger partial charge in [0, 0.05) is 5.56 Å². The highest BCUT2D eigenvalue weighted by molar-refractivity contribution is 5.92. The zero-order valence-corrected chi connectivity index (χ0v) is 15.3. The van der Waals surface area contributed by atoms with E-state index in [0.717, 1.165) is 11.3 Å². The van der Waals surface area contributed by atoms with Crippen molar-refractivity contribution in [3.8, 4) is 23.0 Å². The lowest BCUT2D eigenvalue weighted by Gasteiger charge is -2.12. The molecule has 0 aliphatic carbocycles. The van der Waals surface area contributed by atoms with Crippen molar-refractivity contribution in [3.05, 3.63) is 60.0 Å². The van der Waals surface area contributed by atoms with E-state index in [1.165, 1.54) is 0 Å². The minimum Gasteiger partial charge on any atom is -0.497 e. The van der Waals surface area contributed by atoms with Gasteiger partial charge in [-0.2, -0.15) is 0 Å². The van der Waals surface area contributed by atoms with Gasteiger partial charge < -0.3 is 18.6 Å². The molecule has 3 rings (SSSR count). The van der Waals surface area contributed by atoms with E-state index in [-0.39, 0.29) is 5.89 Å². The molecule has 0 aliphatic heterocycles. The summed E-state index contributed by atoms with van der Waals surface area (Å²) in [6, 6.07) is 14.1. The van der Waals surface area contributed by atoms with Gasteiger partial charge in [0.05, 0.1) is 13.7 Å². The topological polar surface area (TPSA) is 83.7 Å². The molecular formula is C20H20N2O5. The van der Waals surface area contributed by atoms with Gasteiger partial charge >= 0.3 is 5.97 Å². The zero-order chi connectivity index (χ0) is 19.2. The maximum atomic E-state index is 12.5. The van der Waals surface area contributed by atoms with Crippen LogP contribution in [0.4, 0.5) is 0 Å². The smallest absolute Gasteiger partial charge is 0.342 e. The van der Waals surface area contributed by atoms with Crippen molar-refractivity contribution in [2.24, 2.45) is 0 Å². The molecule has 0 saturated carbocycles. The minimum absolute atomic E-state index is 0.211. The van der Waals surface area contributed by atoms with Crippen LogP contribution in [0.2, 0.25) is 0 Å². The van der Waals surface area contributed by atoms with E-state index in [1.807, 2.05) is 19.1 Å². The van der Waals surface area contributed by atoms with Crippen LogP contribution in [-0.4, -0.2) is 29.9 Å². The number of hydrogen-bond donors (Lipinski definition) is 0. The van der Waals surface area contributed by atoms with Gasteiger partial charge in [0.15, 0.2) is 6.10 Å². The highest BCUT2D eigenvalue weighted by Gasteiger charge is 2.22. The third-order valence-electron chi connectivity index (χ3n) is 3.82. The molecule has 140 valence electrons. The number of nitrogens with zero attached hydrogens (tertiary/aromatic N) is 2. The maximum absolute atomic E-state index is 12.5. The van der Waals surface area contributed by atoms with Crippen LogP contribution in [0.5, 0.6) is 11.5 Å². The Morgan fingerprint density at radius 2 is 1.85 bits per heavy atom. The largest absolute Gasteiger partial charge is 0.497 e. The summed E-state index contributed by atoms with van der Waals surface area (Å²) in [5, 5.41) is 8.00. The van der Waals surface area contributed by atoms with Crippen LogP contribution < -0.4 is 9.47 Å². The molecule has 7 heteroatoms. The quantitative estimate of drug-likeness (QED) is 0.581. The molecule has 0 radical (unpaired) electrons. The second kappa shape index (κ2) is 8.35. The number of carbonyl (C=O) groups is 1. The molecule has 0 bridgehead atoms. The first-order valence-corrected chi connectivity index (χ1v) is 8.53. The lowest BCUT2D eigenvalue weighted by atomic mass is 10.2. The van der Waals surface area contributed by atoms with Gasteiger partial charge in [0.2, 0.25) is 5.89 Å². The summed E-state index contributed by atoms with van der Waals surface area (Å²) < 4.78 is 21.7. The van der Waals surface area contributed by atoms with Crippen molar-refractivity contribution in [2.75, 3.05) is 13.7 Å². The van der Waals surface area contributed by atoms with Crippen LogP contribution >= 0.6 is 0 Å². The van der Waals surface area contributed by atoms with Crippen LogP contribution in [0.3, 0.4) is 0 Å². The van der Waals surface area contributed by atoms with Crippen molar-refractivity contribution in [1.29, 1.82) is 0 Å². The third-order valence-corrected chi connectivity index (χ3v) is 3.82. The summed E-state index contributed by atoms with van der Waals surface area (Å²) in [6.45, 7) is 3.98. The fourth-order valence-electron chi connectivity index (χ4n) is 2.44. The summed E-state index contributed by atoms with van der Waals surface area (Å²) >= 11 is 0. The summed E-state index contributed by atoms with van der Waals surface area (Å²) in [6.07, 6.45) is -0.702. The van der Waals surface area contributed by atoms with Crippen molar-refractivity contribution in [3.63, 3.8) is 0 Å². The Labute approximate surface area is 156 Å². The number of esters is 1. The molecular weight excluding hydrogens is 348 g/mol. The Morgan fingerprint density at radius 1 is 1.11 bits per heavy atom. The molecule has 7 nitrogen and oxygen atoms in total. The number of benzene rings is 2. The van der Waals surface area contributed by atoms with Crippen LogP contribution in [-0.2, 0) is 4.74 Å². The van der Waals surface area contributed by atoms with E-state index in [1.54, 1.807) is 50.4 Å². The van der Waals surface area contributed by atoms with Crippen molar-refractivity contribution in [1.82, 2.24) is 10.2 Å². The molecule has 0 aliphatic rings. The third kappa shape index (κ3) is 4.25. The van der Waals surface area contributed by atoms with E-state index in [0.29, 0.717) is 23.8 Å². The van der Waals surface area contributed by atoms with Gasteiger partial charge in [-0.3, -0.25) is 0 Å². The molecule has 0 saturated heterocycles. The summed E-state index contributed by atoms with van der Waals surface area (Å²) in [7, 11) is 1.60. The first-order valence-electron chi connectivity index (χ1n) is 8.53. The van der Waals surface area contributed by atoms with Gasteiger partial charge in [-0.15, -0.1) is 10.2 Å². The standard InChI is InChI=1S/C20H20N2O5/c1-4-25-17-8-6-5-7-16(17)20(23)26-13(2)18-21-22-19(27-18)14-9-11-15(24-3)12-10-14/h5-13H,4H2,1-3H3. The number of hydrogen-bond acceptors (Lipinski definition) is 7. The SMILES string of the molecule is CCOc1ccccc1C(=O)OC(C)c1nnc(-c2ccc(OC)cc2)o1. The van der Waals surface area contributed by atoms with Gasteiger partial charge in [0.25, 0.3) is 5.89 Å². The molecule has 27 heavy (non-hydrogen) atoms. The molecule has 1 unspecified atom stereocenters. The average Bonchev–Trinajstić information content (AvgIpc) is 3.19. The molecule has 0 spiro atoms. The van der Waals surface area contributed by atoms with Crippen molar-refractivity contribution < 1.29 is 23.4 Å². The Balaban J connectivity index is 1.72. The van der Waals surface area contributed by atoms with Crippen LogP contribution in [0.1, 0.15) is 36.2 Å². The highest BCUT2D eigenvalue weighted by Crippen LogP contribution is 2.26. The number of methoxy groups -OCH3 is 1. The van der Waals surface area contributed by atoms with E-state index < -0.39 is 12.1 Å². The van der Waals surface area contributed by atoms with Gasteiger partial charge in [-0.05, 0) is 50.2 Å². The van der Waals surface area contributed by atoms with Gasteiger partial charge in [-0.25, -0.2) is 4.79 Å². The van der Waals surface area contributed by atoms with Crippen molar-refractivity contribution in [2.45, 2.75) is 20.0 Å². The predicted molar refractivity (Wildman–Crippen MR) is 97.7 cm³/mol. The minimum atomic E-state index is -0.702. The molecule has 3 aromatic rings. The highest BCUT2D eigenvalue weighted by atomic mass is 16.6. The van der Waals surface area contributed by atoms with E-state index in [4.69, 9.17) is 18.6 Å². The molecule has 1 heterocycles. The second-order valence-electron chi connectivity index (χ2n) is 5.65. The maximum Gasteiger partial charge on any atom is 0.342 e. The number of carbonyl (C=O) groups excluding carboxylic acids is 1. The Morgan fingerprint density at radius 3 is 2.56 bits per heavy atom. The van der Waals surface area contributed by atoms with Gasteiger partial charge in [0.1, 0.15) is 17.1 Å². The molecule has 0 amide bonds. The van der Waals surface area contributed by atoms with Crippen LogP contribution in [0, 0.1) is 0 Å². The first-order chi connectivity index (χ1) is 13.1. The number of aromatic nitrogens is 2. The Hall–Kier alpha value is -3.35. The number of para-hydroxylation sites is 1. The monoisotopic (exact) mass is 368 g/mol. The predicted octanol–water partition coefficient (Wildman–Crippen LogP) is 4.06. The molecule has 1 atom stereocenters.